The van der Waals surface area contributed by atoms with E-state index in [1.54, 1.807) is 24.4 Å². The average molecular weight is 318 g/mol. The molecule has 0 fully saturated rings. The van der Waals surface area contributed by atoms with Gasteiger partial charge in [-0.25, -0.2) is 9.78 Å². The number of carboxylic acids is 1. The van der Waals surface area contributed by atoms with Gasteiger partial charge in [0.05, 0.1) is 23.1 Å². The van der Waals surface area contributed by atoms with Crippen molar-refractivity contribution >= 4 is 17.0 Å². The maximum Gasteiger partial charge on any atom is 0.335 e. The van der Waals surface area contributed by atoms with Gasteiger partial charge < -0.3 is 10.1 Å². The molecule has 2 aromatic carbocycles. The molecular weight excluding hydrogens is 304 g/mol. The highest BCUT2D eigenvalue weighted by Crippen LogP contribution is 2.22. The van der Waals surface area contributed by atoms with Crippen LogP contribution in [0.2, 0.25) is 0 Å². The standard InChI is InChI=1S/C18H14N4O2/c23-18(24)14-5-6-15-16(10-14)21-17(20-15)13-4-1-3-12(9-13)11-22-8-2-7-19-22/h1-10H,11H2,(H,20,21)(H,23,24). The number of aromatic amines is 1. The maximum absolute atomic E-state index is 11.1. The summed E-state index contributed by atoms with van der Waals surface area (Å²) in [6.45, 7) is 0.685. The van der Waals surface area contributed by atoms with Crippen LogP contribution in [0.5, 0.6) is 0 Å². The van der Waals surface area contributed by atoms with Gasteiger partial charge in [0.1, 0.15) is 5.82 Å². The third kappa shape index (κ3) is 2.65. The van der Waals surface area contributed by atoms with Gasteiger partial charge in [-0.15, -0.1) is 0 Å². The van der Waals surface area contributed by atoms with Gasteiger partial charge in [0.2, 0.25) is 0 Å². The Morgan fingerprint density at radius 2 is 2.08 bits per heavy atom. The Morgan fingerprint density at radius 3 is 2.88 bits per heavy atom. The fourth-order valence-corrected chi connectivity index (χ4v) is 2.68. The molecule has 6 heteroatoms. The normalized spacial score (nSPS) is 11.0. The van der Waals surface area contributed by atoms with E-state index in [-0.39, 0.29) is 5.56 Å². The van der Waals surface area contributed by atoms with Crippen molar-refractivity contribution in [3.05, 3.63) is 72.1 Å². The number of aromatic nitrogens is 4. The minimum Gasteiger partial charge on any atom is -0.478 e. The molecule has 2 N–H and O–H groups in total. The number of hydrogen-bond acceptors (Lipinski definition) is 3. The first-order valence-electron chi connectivity index (χ1n) is 7.49. The molecule has 0 saturated heterocycles. The molecule has 4 rings (SSSR count). The molecule has 24 heavy (non-hydrogen) atoms. The number of benzene rings is 2. The van der Waals surface area contributed by atoms with Gasteiger partial charge in [0.25, 0.3) is 0 Å². The minimum atomic E-state index is -0.950. The van der Waals surface area contributed by atoms with Crippen LogP contribution in [0, 0.1) is 0 Å². The van der Waals surface area contributed by atoms with Crippen molar-refractivity contribution in [2.75, 3.05) is 0 Å². The lowest BCUT2D eigenvalue weighted by Crippen LogP contribution is -1.99. The van der Waals surface area contributed by atoms with E-state index in [0.717, 1.165) is 22.5 Å². The van der Waals surface area contributed by atoms with Crippen molar-refractivity contribution in [3.8, 4) is 11.4 Å². The van der Waals surface area contributed by atoms with Crippen molar-refractivity contribution in [2.24, 2.45) is 0 Å². The molecule has 0 aliphatic rings. The van der Waals surface area contributed by atoms with Crippen LogP contribution in [0.3, 0.4) is 0 Å². The van der Waals surface area contributed by atoms with Crippen molar-refractivity contribution in [2.45, 2.75) is 6.54 Å². The predicted molar refractivity (Wildman–Crippen MR) is 89.8 cm³/mol. The van der Waals surface area contributed by atoms with Crippen LogP contribution in [-0.2, 0) is 6.54 Å². The fourth-order valence-electron chi connectivity index (χ4n) is 2.68. The van der Waals surface area contributed by atoms with Gasteiger partial charge in [-0.05, 0) is 35.9 Å². The Morgan fingerprint density at radius 1 is 1.17 bits per heavy atom. The number of aromatic carboxylic acids is 1. The van der Waals surface area contributed by atoms with E-state index in [0.29, 0.717) is 12.1 Å². The fraction of sp³-hybridized carbons (Fsp3) is 0.0556. The molecule has 118 valence electrons. The Hall–Kier alpha value is -3.41. The van der Waals surface area contributed by atoms with Crippen molar-refractivity contribution in [3.63, 3.8) is 0 Å². The maximum atomic E-state index is 11.1. The van der Waals surface area contributed by atoms with Gasteiger partial charge in [-0.2, -0.15) is 5.10 Å². The first-order chi connectivity index (χ1) is 11.7. The number of carbonyl (C=O) groups is 1. The Bertz CT molecular complexity index is 1020. The lowest BCUT2D eigenvalue weighted by atomic mass is 10.1. The van der Waals surface area contributed by atoms with Crippen LogP contribution in [0.4, 0.5) is 0 Å². The average Bonchev–Trinajstić information content (AvgIpc) is 3.23. The summed E-state index contributed by atoms with van der Waals surface area (Å²) < 4.78 is 1.86. The quantitative estimate of drug-likeness (QED) is 0.605. The van der Waals surface area contributed by atoms with Crippen LogP contribution in [0.1, 0.15) is 15.9 Å². The molecule has 2 aromatic heterocycles. The summed E-state index contributed by atoms with van der Waals surface area (Å²) in [5.41, 5.74) is 3.76. The van der Waals surface area contributed by atoms with Crippen LogP contribution in [0.15, 0.2) is 60.9 Å². The number of hydrogen-bond donors (Lipinski definition) is 2. The zero-order valence-corrected chi connectivity index (χ0v) is 12.7. The molecule has 0 unspecified atom stereocenters. The molecular formula is C18H14N4O2. The summed E-state index contributed by atoms with van der Waals surface area (Å²) in [6.07, 6.45) is 3.67. The molecule has 2 heterocycles. The number of imidazole rings is 1. The number of carboxylic acid groups (broad SMARTS) is 1. The number of nitrogens with one attached hydrogen (secondary N) is 1. The zero-order valence-electron chi connectivity index (χ0n) is 12.7. The lowest BCUT2D eigenvalue weighted by Gasteiger charge is -2.04. The molecule has 0 radical (unpaired) electrons. The molecule has 0 amide bonds. The van der Waals surface area contributed by atoms with E-state index in [1.807, 2.05) is 35.1 Å². The van der Waals surface area contributed by atoms with E-state index < -0.39 is 5.97 Å². The molecule has 0 spiro atoms. The summed E-state index contributed by atoms with van der Waals surface area (Å²) in [7, 11) is 0. The number of nitrogens with zero attached hydrogens (tertiary/aromatic N) is 3. The van der Waals surface area contributed by atoms with E-state index in [4.69, 9.17) is 5.11 Å². The highest BCUT2D eigenvalue weighted by atomic mass is 16.4. The zero-order chi connectivity index (χ0) is 16.5. The third-order valence-corrected chi connectivity index (χ3v) is 3.83. The van der Waals surface area contributed by atoms with Gasteiger partial charge in [0, 0.05) is 18.0 Å². The summed E-state index contributed by atoms with van der Waals surface area (Å²) in [6, 6.07) is 14.8. The van der Waals surface area contributed by atoms with Gasteiger partial charge in [0.15, 0.2) is 0 Å². The van der Waals surface area contributed by atoms with E-state index in [9.17, 15) is 4.79 Å². The van der Waals surface area contributed by atoms with Gasteiger partial charge in [-0.3, -0.25) is 4.68 Å². The predicted octanol–water partition coefficient (Wildman–Crippen LogP) is 3.17. The smallest absolute Gasteiger partial charge is 0.335 e. The molecule has 0 atom stereocenters. The lowest BCUT2D eigenvalue weighted by molar-refractivity contribution is 0.0697. The number of rotatable bonds is 4. The molecule has 0 bridgehead atoms. The SMILES string of the molecule is O=C(O)c1ccc2nc(-c3cccc(Cn4cccn4)c3)[nH]c2c1. The van der Waals surface area contributed by atoms with Crippen LogP contribution < -0.4 is 0 Å². The van der Waals surface area contributed by atoms with Crippen LogP contribution >= 0.6 is 0 Å². The van der Waals surface area contributed by atoms with Crippen molar-refractivity contribution in [1.82, 2.24) is 19.7 Å². The minimum absolute atomic E-state index is 0.241. The topological polar surface area (TPSA) is 83.8 Å². The summed E-state index contributed by atoms with van der Waals surface area (Å²) >= 11 is 0. The molecule has 4 aromatic rings. The second-order valence-corrected chi connectivity index (χ2v) is 5.53. The molecule has 0 aliphatic carbocycles. The molecule has 6 nitrogen and oxygen atoms in total. The Kier molecular flexibility index (Phi) is 3.35. The Balaban J connectivity index is 1.70. The van der Waals surface area contributed by atoms with Crippen LogP contribution in [0.25, 0.3) is 22.4 Å². The molecule has 0 saturated carbocycles. The number of H-pyrrole nitrogens is 1. The highest BCUT2D eigenvalue weighted by Gasteiger charge is 2.09. The third-order valence-electron chi connectivity index (χ3n) is 3.83. The van der Waals surface area contributed by atoms with E-state index in [1.165, 1.54) is 0 Å². The van der Waals surface area contributed by atoms with Crippen molar-refractivity contribution in [1.29, 1.82) is 0 Å². The number of fused-ring (bicyclic) bond motifs is 1. The second kappa shape index (κ2) is 5.66. The summed E-state index contributed by atoms with van der Waals surface area (Å²) in [5, 5.41) is 13.3. The Labute approximate surface area is 137 Å². The van der Waals surface area contributed by atoms with Gasteiger partial charge in [-0.1, -0.05) is 18.2 Å². The second-order valence-electron chi connectivity index (χ2n) is 5.53. The first-order valence-corrected chi connectivity index (χ1v) is 7.49. The van der Waals surface area contributed by atoms with Gasteiger partial charge >= 0.3 is 5.97 Å². The first kappa shape index (κ1) is 14.2. The summed E-state index contributed by atoms with van der Waals surface area (Å²) in [5.74, 6) is -0.232. The van der Waals surface area contributed by atoms with E-state index >= 15 is 0 Å². The van der Waals surface area contributed by atoms with Crippen molar-refractivity contribution < 1.29 is 9.90 Å². The van der Waals surface area contributed by atoms with Crippen LogP contribution in [-0.4, -0.2) is 30.8 Å². The molecule has 0 aliphatic heterocycles. The monoisotopic (exact) mass is 318 g/mol. The van der Waals surface area contributed by atoms with E-state index in [2.05, 4.69) is 21.1 Å². The summed E-state index contributed by atoms with van der Waals surface area (Å²) in [4.78, 5) is 18.8. The largest absolute Gasteiger partial charge is 0.478 e. The highest BCUT2D eigenvalue weighted by molar-refractivity contribution is 5.93.